The smallest absolute Gasteiger partial charge is 0.401 e. The minimum Gasteiger partial charge on any atom is -0.401 e. The summed E-state index contributed by atoms with van der Waals surface area (Å²) in [4.78, 5) is 21.9. The van der Waals surface area contributed by atoms with Gasteiger partial charge in [-0.3, -0.25) is 19.6 Å². The molecule has 0 saturated carbocycles. The Morgan fingerprint density at radius 2 is 2.08 bits per heavy atom. The van der Waals surface area contributed by atoms with E-state index < -0.39 is 16.7 Å². The van der Waals surface area contributed by atoms with Crippen LogP contribution in [-0.2, 0) is 11.3 Å². The first-order valence-corrected chi connectivity index (χ1v) is 7.89. The fourth-order valence-corrected chi connectivity index (χ4v) is 2.38. The van der Waals surface area contributed by atoms with Crippen LogP contribution in [0.3, 0.4) is 0 Å². The van der Waals surface area contributed by atoms with Crippen LogP contribution < -0.4 is 5.32 Å². The van der Waals surface area contributed by atoms with E-state index in [-0.39, 0.29) is 11.6 Å². The van der Waals surface area contributed by atoms with Crippen molar-refractivity contribution in [3.8, 4) is 0 Å². The minimum absolute atomic E-state index is 0.188. The predicted molar refractivity (Wildman–Crippen MR) is 95.8 cm³/mol. The molecule has 0 atom stereocenters. The summed E-state index contributed by atoms with van der Waals surface area (Å²) < 4.78 is 6.55. The fraction of sp³-hybridized carbons (Fsp3) is 0.0588. The third kappa shape index (κ3) is 4.37. The Morgan fingerprint density at radius 3 is 2.77 bits per heavy atom. The Balaban J connectivity index is 1.63. The summed E-state index contributed by atoms with van der Waals surface area (Å²) in [5.41, 5.74) is 1.05. The number of furan rings is 1. The van der Waals surface area contributed by atoms with Gasteiger partial charge in [-0.25, -0.2) is 0 Å². The van der Waals surface area contributed by atoms with E-state index in [4.69, 9.17) is 16.0 Å². The van der Waals surface area contributed by atoms with Crippen LogP contribution in [0.25, 0.3) is 6.08 Å². The van der Waals surface area contributed by atoms with E-state index in [0.717, 1.165) is 5.56 Å². The number of amides is 1. The van der Waals surface area contributed by atoms with Crippen molar-refractivity contribution in [1.29, 1.82) is 0 Å². The van der Waals surface area contributed by atoms with Gasteiger partial charge >= 0.3 is 5.88 Å². The quantitative estimate of drug-likeness (QED) is 0.403. The second kappa shape index (κ2) is 7.66. The molecule has 1 amide bonds. The second-order valence-electron chi connectivity index (χ2n) is 5.26. The highest BCUT2D eigenvalue weighted by atomic mass is 35.5. The molecule has 0 fully saturated rings. The average Bonchev–Trinajstić information content (AvgIpc) is 3.21. The first-order chi connectivity index (χ1) is 12.5. The summed E-state index contributed by atoms with van der Waals surface area (Å²) in [5, 5.41) is 17.6. The van der Waals surface area contributed by atoms with Gasteiger partial charge in [0.1, 0.15) is 15.7 Å². The Bertz CT molecular complexity index is 962. The van der Waals surface area contributed by atoms with E-state index in [9.17, 15) is 14.9 Å². The van der Waals surface area contributed by atoms with Crippen LogP contribution in [-0.4, -0.2) is 20.6 Å². The summed E-state index contributed by atoms with van der Waals surface area (Å²) in [7, 11) is 0. The molecule has 0 aliphatic carbocycles. The van der Waals surface area contributed by atoms with Crippen molar-refractivity contribution in [3.63, 3.8) is 0 Å². The van der Waals surface area contributed by atoms with Crippen molar-refractivity contribution in [2.75, 3.05) is 5.32 Å². The van der Waals surface area contributed by atoms with Gasteiger partial charge in [0.25, 0.3) is 0 Å². The SMILES string of the molecule is O=C(/C=C/c1ccc([N+](=O)[O-])o1)Nc1nn(Cc2ccccc2)cc1Cl. The van der Waals surface area contributed by atoms with Gasteiger partial charge in [-0.1, -0.05) is 41.9 Å². The van der Waals surface area contributed by atoms with E-state index in [2.05, 4.69) is 10.4 Å². The number of nitrogens with zero attached hydrogens (tertiary/aromatic N) is 3. The molecule has 0 unspecified atom stereocenters. The number of rotatable bonds is 6. The van der Waals surface area contributed by atoms with E-state index >= 15 is 0 Å². The molecular formula is C17H13ClN4O4. The van der Waals surface area contributed by atoms with Crippen molar-refractivity contribution in [1.82, 2.24) is 9.78 Å². The summed E-state index contributed by atoms with van der Waals surface area (Å²) in [5.74, 6) is -0.473. The normalized spacial score (nSPS) is 11.0. The molecule has 2 heterocycles. The maximum atomic E-state index is 12.0. The molecule has 26 heavy (non-hydrogen) atoms. The Kier molecular flexibility index (Phi) is 5.14. The first kappa shape index (κ1) is 17.4. The molecule has 3 rings (SSSR count). The summed E-state index contributed by atoms with van der Waals surface area (Å²) >= 11 is 6.09. The van der Waals surface area contributed by atoms with Crippen LogP contribution >= 0.6 is 11.6 Å². The number of halogens is 1. The number of aromatic nitrogens is 2. The molecule has 132 valence electrons. The van der Waals surface area contributed by atoms with Gasteiger partial charge in [0.05, 0.1) is 12.6 Å². The first-order valence-electron chi connectivity index (χ1n) is 7.51. The van der Waals surface area contributed by atoms with E-state index in [0.29, 0.717) is 11.6 Å². The molecule has 1 N–H and O–H groups in total. The highest BCUT2D eigenvalue weighted by Crippen LogP contribution is 2.20. The number of hydrogen-bond donors (Lipinski definition) is 1. The second-order valence-corrected chi connectivity index (χ2v) is 5.67. The van der Waals surface area contributed by atoms with Crippen molar-refractivity contribution < 1.29 is 14.1 Å². The fourth-order valence-electron chi connectivity index (χ4n) is 2.18. The molecular weight excluding hydrogens is 360 g/mol. The molecule has 0 saturated heterocycles. The van der Waals surface area contributed by atoms with Gasteiger partial charge in [-0.15, -0.1) is 0 Å². The molecule has 8 nitrogen and oxygen atoms in total. The highest BCUT2D eigenvalue weighted by Gasteiger charge is 2.11. The van der Waals surface area contributed by atoms with Crippen LogP contribution in [0.15, 0.2) is 59.2 Å². The van der Waals surface area contributed by atoms with Crippen LogP contribution in [0.5, 0.6) is 0 Å². The van der Waals surface area contributed by atoms with Gasteiger partial charge in [0.2, 0.25) is 5.91 Å². The standard InChI is InChI=1S/C17H13ClN4O4/c18-14-11-21(10-12-4-2-1-3-5-12)20-17(14)19-15(23)8-6-13-7-9-16(26-13)22(24)25/h1-9,11H,10H2,(H,19,20,23)/b8-6+. The molecule has 0 spiro atoms. The van der Waals surface area contributed by atoms with E-state index in [1.165, 1.54) is 24.3 Å². The third-order valence-electron chi connectivity index (χ3n) is 3.34. The monoisotopic (exact) mass is 372 g/mol. The largest absolute Gasteiger partial charge is 0.433 e. The van der Waals surface area contributed by atoms with Gasteiger partial charge in [0, 0.05) is 12.3 Å². The lowest BCUT2D eigenvalue weighted by molar-refractivity contribution is -0.402. The minimum atomic E-state index is -0.656. The zero-order valence-electron chi connectivity index (χ0n) is 13.3. The predicted octanol–water partition coefficient (Wildman–Crippen LogP) is 3.74. The number of benzene rings is 1. The molecule has 1 aromatic carbocycles. The molecule has 0 aliphatic heterocycles. The van der Waals surface area contributed by atoms with Gasteiger partial charge in [-0.05, 0) is 17.7 Å². The molecule has 0 aliphatic rings. The number of carbonyl (C=O) groups excluding carboxylic acids is 1. The van der Waals surface area contributed by atoms with Crippen molar-refractivity contribution in [3.05, 3.63) is 81.2 Å². The van der Waals surface area contributed by atoms with Crippen molar-refractivity contribution in [2.45, 2.75) is 6.54 Å². The number of carbonyl (C=O) groups is 1. The maximum absolute atomic E-state index is 12.0. The third-order valence-corrected chi connectivity index (χ3v) is 3.61. The van der Waals surface area contributed by atoms with E-state index in [1.54, 1.807) is 10.9 Å². The average molecular weight is 373 g/mol. The number of nitro groups is 1. The Labute approximate surface area is 152 Å². The van der Waals surface area contributed by atoms with Crippen molar-refractivity contribution >= 4 is 35.3 Å². The van der Waals surface area contributed by atoms with Crippen molar-refractivity contribution in [2.24, 2.45) is 0 Å². The van der Waals surface area contributed by atoms with Gasteiger partial charge in [-0.2, -0.15) is 5.10 Å². The van der Waals surface area contributed by atoms with Gasteiger partial charge < -0.3 is 9.73 Å². The molecule has 9 heteroatoms. The molecule has 3 aromatic rings. The Hall–Kier alpha value is -3.39. The summed E-state index contributed by atoms with van der Waals surface area (Å²) in [6.07, 6.45) is 4.11. The molecule has 0 bridgehead atoms. The lowest BCUT2D eigenvalue weighted by Crippen LogP contribution is -2.09. The lowest BCUT2D eigenvalue weighted by Gasteiger charge is -2.01. The number of nitrogens with one attached hydrogen (secondary N) is 1. The lowest BCUT2D eigenvalue weighted by atomic mass is 10.2. The van der Waals surface area contributed by atoms with Crippen LogP contribution in [0.1, 0.15) is 11.3 Å². The molecule has 0 radical (unpaired) electrons. The Morgan fingerprint density at radius 1 is 1.31 bits per heavy atom. The summed E-state index contributed by atoms with van der Waals surface area (Å²) in [6, 6.07) is 12.3. The van der Waals surface area contributed by atoms with Crippen LogP contribution in [0.4, 0.5) is 11.7 Å². The zero-order valence-corrected chi connectivity index (χ0v) is 14.1. The zero-order chi connectivity index (χ0) is 18.5. The topological polar surface area (TPSA) is 103 Å². The number of hydrogen-bond acceptors (Lipinski definition) is 5. The number of anilines is 1. The maximum Gasteiger partial charge on any atom is 0.433 e. The van der Waals surface area contributed by atoms with Crippen LogP contribution in [0, 0.1) is 10.1 Å². The summed E-state index contributed by atoms with van der Waals surface area (Å²) in [6.45, 7) is 0.516. The van der Waals surface area contributed by atoms with E-state index in [1.807, 2.05) is 30.3 Å². The highest BCUT2D eigenvalue weighted by molar-refractivity contribution is 6.33. The van der Waals surface area contributed by atoms with Crippen LogP contribution in [0.2, 0.25) is 5.02 Å². The molecule has 2 aromatic heterocycles. The van der Waals surface area contributed by atoms with Gasteiger partial charge in [0.15, 0.2) is 5.82 Å².